The molecule has 0 N–H and O–H groups in total. The Morgan fingerprint density at radius 2 is 1.59 bits per heavy atom. The van der Waals surface area contributed by atoms with Crippen LogP contribution in [0.2, 0.25) is 5.02 Å². The first kappa shape index (κ1) is 19.4. The Labute approximate surface area is 176 Å². The maximum Gasteiger partial charge on any atom is 0.129 e. The third-order valence-corrected chi connectivity index (χ3v) is 5.14. The zero-order chi connectivity index (χ0) is 19.9. The van der Waals surface area contributed by atoms with E-state index in [1.165, 1.54) is 11.1 Å². The molecule has 148 valence electrons. The van der Waals surface area contributed by atoms with E-state index in [-0.39, 0.29) is 0 Å². The van der Waals surface area contributed by atoms with E-state index >= 15 is 0 Å². The van der Waals surface area contributed by atoms with Crippen LogP contribution in [0.5, 0.6) is 11.5 Å². The molecule has 0 radical (unpaired) electrons. The van der Waals surface area contributed by atoms with Gasteiger partial charge in [-0.15, -0.1) is 0 Å². The monoisotopic (exact) mass is 405 g/mol. The highest BCUT2D eigenvalue weighted by Gasteiger charge is 2.07. The third-order valence-electron chi connectivity index (χ3n) is 4.89. The first-order valence-electron chi connectivity index (χ1n) is 9.92. The molecule has 0 aliphatic rings. The minimum absolute atomic E-state index is 0.577. The summed E-state index contributed by atoms with van der Waals surface area (Å²) >= 11 is 5.89. The molecule has 4 aromatic rings. The maximum atomic E-state index is 6.08. The molecule has 4 rings (SSSR count). The van der Waals surface area contributed by atoms with Crippen LogP contribution in [-0.2, 0) is 13.2 Å². The Hall–Kier alpha value is -2.91. The molecule has 0 aliphatic heterocycles. The van der Waals surface area contributed by atoms with Crippen molar-refractivity contribution < 1.29 is 9.47 Å². The molecule has 29 heavy (non-hydrogen) atoms. The molecular formula is C25H24ClNO2. The summed E-state index contributed by atoms with van der Waals surface area (Å²) < 4.78 is 14.1. The normalized spacial score (nSPS) is 10.9. The Kier molecular flexibility index (Phi) is 6.38. The Bertz CT molecular complexity index is 1040. The quantitative estimate of drug-likeness (QED) is 0.288. The van der Waals surface area contributed by atoms with E-state index in [9.17, 15) is 0 Å². The number of aryl methyl sites for hydroxylation is 1. The Morgan fingerprint density at radius 1 is 0.759 bits per heavy atom. The lowest BCUT2D eigenvalue weighted by molar-refractivity contribution is 0.303. The Morgan fingerprint density at radius 3 is 2.41 bits per heavy atom. The second kappa shape index (κ2) is 9.53. The molecule has 3 aromatic carbocycles. The zero-order valence-electron chi connectivity index (χ0n) is 16.3. The van der Waals surface area contributed by atoms with Crippen molar-refractivity contribution in [3.63, 3.8) is 0 Å². The minimum Gasteiger partial charge on any atom is -0.494 e. The summed E-state index contributed by atoms with van der Waals surface area (Å²) in [7, 11) is 0. The first-order valence-corrected chi connectivity index (χ1v) is 10.3. The van der Waals surface area contributed by atoms with E-state index in [0.717, 1.165) is 41.3 Å². The number of unbranched alkanes of at least 4 members (excludes halogenated alkanes) is 1. The van der Waals surface area contributed by atoms with Crippen molar-refractivity contribution in [1.29, 1.82) is 0 Å². The second-order valence-electron chi connectivity index (χ2n) is 6.98. The van der Waals surface area contributed by atoms with Crippen molar-refractivity contribution in [3.05, 3.63) is 95.6 Å². The van der Waals surface area contributed by atoms with Crippen LogP contribution >= 0.6 is 11.6 Å². The van der Waals surface area contributed by atoms with Crippen LogP contribution in [0.15, 0.2) is 85.1 Å². The lowest BCUT2D eigenvalue weighted by Gasteiger charge is -2.10. The zero-order valence-corrected chi connectivity index (χ0v) is 17.0. The van der Waals surface area contributed by atoms with Gasteiger partial charge in [-0.25, -0.2) is 0 Å². The smallest absolute Gasteiger partial charge is 0.129 e. The van der Waals surface area contributed by atoms with Crippen LogP contribution in [0.4, 0.5) is 0 Å². The highest BCUT2D eigenvalue weighted by atomic mass is 35.5. The predicted molar refractivity (Wildman–Crippen MR) is 119 cm³/mol. The van der Waals surface area contributed by atoms with Crippen molar-refractivity contribution in [2.45, 2.75) is 26.0 Å². The summed E-state index contributed by atoms with van der Waals surface area (Å²) in [6, 6.07) is 26.1. The van der Waals surface area contributed by atoms with Crippen molar-refractivity contribution >= 4 is 22.5 Å². The van der Waals surface area contributed by atoms with E-state index in [2.05, 4.69) is 41.1 Å². The fourth-order valence-corrected chi connectivity index (χ4v) is 3.48. The average molecular weight is 406 g/mol. The van der Waals surface area contributed by atoms with Gasteiger partial charge >= 0.3 is 0 Å². The largest absolute Gasteiger partial charge is 0.494 e. The number of halogens is 1. The summed E-state index contributed by atoms with van der Waals surface area (Å²) in [5, 5.41) is 1.88. The van der Waals surface area contributed by atoms with E-state index in [1.807, 2.05) is 48.5 Å². The number of ether oxygens (including phenoxy) is 2. The van der Waals surface area contributed by atoms with Gasteiger partial charge in [0.05, 0.1) is 12.1 Å². The molecule has 3 nitrogen and oxygen atoms in total. The number of benzene rings is 3. The van der Waals surface area contributed by atoms with Gasteiger partial charge in [0.15, 0.2) is 0 Å². The molecule has 0 amide bonds. The van der Waals surface area contributed by atoms with Crippen LogP contribution in [0, 0.1) is 0 Å². The van der Waals surface area contributed by atoms with Gasteiger partial charge < -0.3 is 14.0 Å². The Balaban J connectivity index is 1.31. The second-order valence-corrected chi connectivity index (χ2v) is 7.42. The molecule has 0 aliphatic carbocycles. The summed E-state index contributed by atoms with van der Waals surface area (Å²) in [6.07, 6.45) is 4.18. The van der Waals surface area contributed by atoms with Gasteiger partial charge in [0, 0.05) is 23.2 Å². The summed E-state index contributed by atoms with van der Waals surface area (Å²) in [5.74, 6) is 1.79. The van der Waals surface area contributed by atoms with Crippen LogP contribution < -0.4 is 9.47 Å². The number of hydrogen-bond acceptors (Lipinski definition) is 2. The van der Waals surface area contributed by atoms with Crippen molar-refractivity contribution in [3.8, 4) is 11.5 Å². The van der Waals surface area contributed by atoms with E-state index in [4.69, 9.17) is 21.1 Å². The molecule has 1 heterocycles. The third kappa shape index (κ3) is 5.12. The van der Waals surface area contributed by atoms with E-state index in [1.54, 1.807) is 0 Å². The highest BCUT2D eigenvalue weighted by Crippen LogP contribution is 2.27. The summed E-state index contributed by atoms with van der Waals surface area (Å²) in [5.41, 5.74) is 2.37. The predicted octanol–water partition coefficient (Wildman–Crippen LogP) is 6.73. The number of aromatic nitrogens is 1. The standard InChI is InChI=1S/C25H24ClNO2/c26-21-11-13-22(14-12-21)28-18-5-4-16-27-17-15-23-24(27)9-6-10-25(23)29-19-20-7-2-1-3-8-20/h1-3,6-15,17H,4-5,16,18-19H2. The van der Waals surface area contributed by atoms with Crippen molar-refractivity contribution in [2.75, 3.05) is 6.61 Å². The number of nitrogens with zero attached hydrogens (tertiary/aromatic N) is 1. The maximum absolute atomic E-state index is 6.08. The molecule has 0 atom stereocenters. The van der Waals surface area contributed by atoms with Gasteiger partial charge in [-0.2, -0.15) is 0 Å². The number of rotatable bonds is 9. The fraction of sp³-hybridized carbons (Fsp3) is 0.200. The minimum atomic E-state index is 0.577. The molecular weight excluding hydrogens is 382 g/mol. The fourth-order valence-electron chi connectivity index (χ4n) is 3.36. The number of fused-ring (bicyclic) bond motifs is 1. The van der Waals surface area contributed by atoms with Gasteiger partial charge in [-0.3, -0.25) is 0 Å². The highest BCUT2D eigenvalue weighted by molar-refractivity contribution is 6.30. The lowest BCUT2D eigenvalue weighted by atomic mass is 10.2. The molecule has 0 unspecified atom stereocenters. The molecule has 0 spiro atoms. The molecule has 0 bridgehead atoms. The average Bonchev–Trinajstić information content (AvgIpc) is 3.18. The summed E-state index contributed by atoms with van der Waals surface area (Å²) in [4.78, 5) is 0. The molecule has 0 saturated heterocycles. The SMILES string of the molecule is Clc1ccc(OCCCCn2ccc3c(OCc4ccccc4)cccc32)cc1. The lowest BCUT2D eigenvalue weighted by Crippen LogP contribution is -2.01. The molecule has 0 saturated carbocycles. The van der Waals surface area contributed by atoms with Gasteiger partial charge in [0.25, 0.3) is 0 Å². The molecule has 1 aromatic heterocycles. The van der Waals surface area contributed by atoms with Gasteiger partial charge in [0.2, 0.25) is 0 Å². The number of hydrogen-bond donors (Lipinski definition) is 0. The first-order chi connectivity index (χ1) is 14.3. The van der Waals surface area contributed by atoms with Crippen molar-refractivity contribution in [1.82, 2.24) is 4.57 Å². The summed E-state index contributed by atoms with van der Waals surface area (Å²) in [6.45, 7) is 2.23. The van der Waals surface area contributed by atoms with Gasteiger partial charge in [-0.05, 0) is 60.9 Å². The van der Waals surface area contributed by atoms with E-state index < -0.39 is 0 Å². The van der Waals surface area contributed by atoms with Crippen LogP contribution in [0.25, 0.3) is 10.9 Å². The van der Waals surface area contributed by atoms with E-state index in [0.29, 0.717) is 13.2 Å². The van der Waals surface area contributed by atoms with Crippen LogP contribution in [0.1, 0.15) is 18.4 Å². The van der Waals surface area contributed by atoms with Crippen LogP contribution in [0.3, 0.4) is 0 Å². The topological polar surface area (TPSA) is 23.4 Å². The van der Waals surface area contributed by atoms with Crippen molar-refractivity contribution in [2.24, 2.45) is 0 Å². The molecule has 0 fully saturated rings. The van der Waals surface area contributed by atoms with Gasteiger partial charge in [0.1, 0.15) is 18.1 Å². The molecule has 4 heteroatoms. The van der Waals surface area contributed by atoms with Crippen LogP contribution in [-0.4, -0.2) is 11.2 Å². The van der Waals surface area contributed by atoms with Gasteiger partial charge in [-0.1, -0.05) is 48.0 Å².